The molecule has 0 aliphatic heterocycles. The van der Waals surface area contributed by atoms with Crippen LogP contribution in [0.1, 0.15) is 18.6 Å². The zero-order chi connectivity index (χ0) is 12.3. The maximum atomic E-state index is 9.67. The summed E-state index contributed by atoms with van der Waals surface area (Å²) in [7, 11) is 0. The van der Waals surface area contributed by atoms with Crippen LogP contribution in [0, 0.1) is 0 Å². The van der Waals surface area contributed by atoms with E-state index in [0.717, 1.165) is 15.5 Å². The highest BCUT2D eigenvalue weighted by Crippen LogP contribution is 2.35. The number of aliphatic hydroxyl groups excluding tert-OH is 1. The first-order chi connectivity index (χ1) is 8.18. The van der Waals surface area contributed by atoms with Crippen LogP contribution in [0.5, 0.6) is 0 Å². The number of rotatable bonds is 3. The van der Waals surface area contributed by atoms with E-state index in [-0.39, 0.29) is 0 Å². The normalized spacial score (nSPS) is 12.4. The third-order valence-electron chi connectivity index (χ3n) is 2.29. The minimum atomic E-state index is -0.534. The van der Waals surface area contributed by atoms with Crippen LogP contribution in [0.3, 0.4) is 0 Å². The van der Waals surface area contributed by atoms with E-state index in [1.54, 1.807) is 13.1 Å². The summed E-state index contributed by atoms with van der Waals surface area (Å²) >= 11 is 7.56. The Kier molecular flexibility index (Phi) is 4.05. The molecule has 88 valence electrons. The van der Waals surface area contributed by atoms with Crippen LogP contribution in [0.25, 0.3) is 0 Å². The van der Waals surface area contributed by atoms with Gasteiger partial charge in [-0.3, -0.25) is 0 Å². The highest BCUT2D eigenvalue weighted by atomic mass is 35.5. The molecule has 1 aromatic carbocycles. The summed E-state index contributed by atoms with van der Waals surface area (Å²) in [6.45, 7) is 1.73. The molecule has 1 atom stereocenters. The van der Waals surface area contributed by atoms with Gasteiger partial charge in [-0.05, 0) is 25.1 Å². The Balaban J connectivity index is 2.34. The maximum absolute atomic E-state index is 9.67. The third-order valence-corrected chi connectivity index (χ3v) is 3.85. The van der Waals surface area contributed by atoms with E-state index in [2.05, 4.69) is 4.98 Å². The molecule has 2 aromatic rings. The number of halogens is 1. The van der Waals surface area contributed by atoms with Crippen molar-refractivity contribution >= 4 is 23.4 Å². The fourth-order valence-corrected chi connectivity index (χ4v) is 2.68. The van der Waals surface area contributed by atoms with Crippen LogP contribution in [-0.2, 0) is 0 Å². The fraction of sp³-hybridized carbons (Fsp3) is 0.154. The van der Waals surface area contributed by atoms with Crippen molar-refractivity contribution in [2.45, 2.75) is 22.9 Å². The van der Waals surface area contributed by atoms with Gasteiger partial charge in [0.25, 0.3) is 0 Å². The Morgan fingerprint density at radius 3 is 2.71 bits per heavy atom. The van der Waals surface area contributed by atoms with Crippen molar-refractivity contribution in [2.75, 3.05) is 0 Å². The van der Waals surface area contributed by atoms with Gasteiger partial charge in [0.15, 0.2) is 0 Å². The summed E-state index contributed by atoms with van der Waals surface area (Å²) in [5, 5.41) is 11.1. The predicted octanol–water partition coefficient (Wildman–Crippen LogP) is 3.94. The summed E-state index contributed by atoms with van der Waals surface area (Å²) in [4.78, 5) is 5.22. The molecule has 4 heteroatoms. The van der Waals surface area contributed by atoms with Crippen LogP contribution in [0.2, 0.25) is 5.02 Å². The average molecular weight is 266 g/mol. The predicted molar refractivity (Wildman–Crippen MR) is 70.4 cm³/mol. The fourth-order valence-electron chi connectivity index (χ4n) is 1.44. The molecule has 0 fully saturated rings. The largest absolute Gasteiger partial charge is 0.389 e. The molecule has 17 heavy (non-hydrogen) atoms. The molecule has 1 N–H and O–H groups in total. The number of aliphatic hydroxyl groups is 1. The summed E-state index contributed by atoms with van der Waals surface area (Å²) in [6.07, 6.45) is 1.18. The number of pyridine rings is 1. The van der Waals surface area contributed by atoms with Crippen LogP contribution < -0.4 is 0 Å². The Hall–Kier alpha value is -1.03. The number of hydrogen-bond donors (Lipinski definition) is 1. The van der Waals surface area contributed by atoms with Crippen molar-refractivity contribution in [1.82, 2.24) is 4.98 Å². The van der Waals surface area contributed by atoms with Crippen molar-refractivity contribution in [3.05, 3.63) is 53.2 Å². The van der Waals surface area contributed by atoms with Gasteiger partial charge < -0.3 is 5.11 Å². The van der Waals surface area contributed by atoms with Gasteiger partial charge in [0, 0.05) is 16.7 Å². The molecular formula is C13H12ClNOS. The van der Waals surface area contributed by atoms with Gasteiger partial charge in [-0.15, -0.1) is 0 Å². The summed E-state index contributed by atoms with van der Waals surface area (Å²) in [5.41, 5.74) is 0.817. The monoisotopic (exact) mass is 265 g/mol. The van der Waals surface area contributed by atoms with E-state index in [9.17, 15) is 5.11 Å². The smallest absolute Gasteiger partial charge is 0.107 e. The summed E-state index contributed by atoms with van der Waals surface area (Å²) < 4.78 is 0. The second-order valence-electron chi connectivity index (χ2n) is 3.61. The van der Waals surface area contributed by atoms with Crippen molar-refractivity contribution in [1.29, 1.82) is 0 Å². The Bertz CT molecular complexity index is 516. The van der Waals surface area contributed by atoms with Gasteiger partial charge in [0.2, 0.25) is 0 Å². The van der Waals surface area contributed by atoms with Crippen molar-refractivity contribution in [2.24, 2.45) is 0 Å². The lowest BCUT2D eigenvalue weighted by molar-refractivity contribution is 0.195. The van der Waals surface area contributed by atoms with Crippen LogP contribution >= 0.6 is 23.4 Å². The average Bonchev–Trinajstić information content (AvgIpc) is 2.32. The lowest BCUT2D eigenvalue weighted by Crippen LogP contribution is -1.95. The van der Waals surface area contributed by atoms with Crippen LogP contribution in [0.15, 0.2) is 52.5 Å². The van der Waals surface area contributed by atoms with Crippen LogP contribution in [-0.4, -0.2) is 10.1 Å². The quantitative estimate of drug-likeness (QED) is 0.913. The highest BCUT2D eigenvalue weighted by molar-refractivity contribution is 7.99. The van der Waals surface area contributed by atoms with Crippen LogP contribution in [0.4, 0.5) is 0 Å². The van der Waals surface area contributed by atoms with Gasteiger partial charge in [-0.2, -0.15) is 0 Å². The summed E-state index contributed by atoms with van der Waals surface area (Å²) in [5.74, 6) is 0. The molecule has 0 aliphatic rings. The Morgan fingerprint density at radius 1 is 1.24 bits per heavy atom. The van der Waals surface area contributed by atoms with Crippen molar-refractivity contribution in [3.63, 3.8) is 0 Å². The molecule has 2 nitrogen and oxygen atoms in total. The number of nitrogens with zero attached hydrogens (tertiary/aromatic N) is 1. The molecule has 2 rings (SSSR count). The maximum Gasteiger partial charge on any atom is 0.107 e. The van der Waals surface area contributed by atoms with E-state index in [1.165, 1.54) is 11.8 Å². The topological polar surface area (TPSA) is 33.1 Å². The van der Waals surface area contributed by atoms with Gasteiger partial charge >= 0.3 is 0 Å². The minimum absolute atomic E-state index is 0.534. The molecule has 0 bridgehead atoms. The molecule has 1 aromatic heterocycles. The van der Waals surface area contributed by atoms with E-state index < -0.39 is 6.10 Å². The molecule has 0 saturated carbocycles. The number of aromatic nitrogens is 1. The molecule has 0 amide bonds. The number of benzene rings is 1. The first-order valence-corrected chi connectivity index (χ1v) is 6.43. The van der Waals surface area contributed by atoms with Gasteiger partial charge in [0.1, 0.15) is 5.03 Å². The van der Waals surface area contributed by atoms with Gasteiger partial charge in [0.05, 0.1) is 11.1 Å². The third kappa shape index (κ3) is 3.00. The lowest BCUT2D eigenvalue weighted by Gasteiger charge is -2.10. The zero-order valence-corrected chi connectivity index (χ0v) is 10.9. The molecule has 0 aliphatic carbocycles. The van der Waals surface area contributed by atoms with Gasteiger partial charge in [-0.25, -0.2) is 4.98 Å². The molecule has 1 heterocycles. The molecular weight excluding hydrogens is 254 g/mol. The first-order valence-electron chi connectivity index (χ1n) is 5.24. The summed E-state index contributed by atoms with van der Waals surface area (Å²) in [6, 6.07) is 11.3. The lowest BCUT2D eigenvalue weighted by atomic mass is 10.2. The molecule has 0 radical (unpaired) electrons. The highest BCUT2D eigenvalue weighted by Gasteiger charge is 2.11. The van der Waals surface area contributed by atoms with Crippen molar-refractivity contribution < 1.29 is 5.11 Å². The molecule has 0 spiro atoms. The number of hydrogen-bond acceptors (Lipinski definition) is 3. The Morgan fingerprint density at radius 2 is 2.00 bits per heavy atom. The zero-order valence-electron chi connectivity index (χ0n) is 9.30. The van der Waals surface area contributed by atoms with E-state index in [0.29, 0.717) is 5.02 Å². The second kappa shape index (κ2) is 5.54. The Labute approximate surface area is 110 Å². The van der Waals surface area contributed by atoms with Gasteiger partial charge in [-0.1, -0.05) is 41.6 Å². The van der Waals surface area contributed by atoms with E-state index in [4.69, 9.17) is 11.6 Å². The SMILES string of the molecule is C[C@@H](O)c1cccnc1Sc1ccccc1Cl. The molecule has 0 unspecified atom stereocenters. The second-order valence-corrected chi connectivity index (χ2v) is 5.04. The van der Waals surface area contributed by atoms with Crippen molar-refractivity contribution in [3.8, 4) is 0 Å². The minimum Gasteiger partial charge on any atom is -0.389 e. The standard InChI is InChI=1S/C13H12ClNOS/c1-9(16)10-5-4-8-15-13(10)17-12-7-3-2-6-11(12)14/h2-9,16H,1H3/t9-/m1/s1. The van der Waals surface area contributed by atoms with E-state index in [1.807, 2.05) is 36.4 Å². The first kappa shape index (κ1) is 12.4. The molecule has 0 saturated heterocycles. The van der Waals surface area contributed by atoms with E-state index >= 15 is 0 Å².